The Morgan fingerprint density at radius 1 is 0.912 bits per heavy atom. The molecule has 1 atom stereocenters. The molecule has 3 aromatic carbocycles. The summed E-state index contributed by atoms with van der Waals surface area (Å²) in [4.78, 5) is 28.4. The van der Waals surface area contributed by atoms with Crippen LogP contribution in [0.15, 0.2) is 72.8 Å². The van der Waals surface area contributed by atoms with E-state index in [1.54, 1.807) is 37.4 Å². The highest BCUT2D eigenvalue weighted by Gasteiger charge is 2.31. The normalized spacial score (nSPS) is 11.4. The van der Waals surface area contributed by atoms with Crippen molar-refractivity contribution in [2.75, 3.05) is 20.8 Å². The van der Waals surface area contributed by atoms with Gasteiger partial charge in [-0.1, -0.05) is 48.5 Å². The van der Waals surface area contributed by atoms with Crippen LogP contribution in [0.25, 0.3) is 0 Å². The van der Waals surface area contributed by atoms with E-state index in [2.05, 4.69) is 5.32 Å². The van der Waals surface area contributed by atoms with Gasteiger partial charge in [0.1, 0.15) is 11.9 Å². The molecule has 0 saturated carbocycles. The average molecular weight is 465 g/mol. The van der Waals surface area contributed by atoms with Crippen molar-refractivity contribution < 1.29 is 23.5 Å². The molecule has 0 radical (unpaired) electrons. The SMILES string of the molecule is CCNC(=O)C(c1ccccc1)N(Cc1ccc(F)cc1)C(=O)Cc1ccc(OC)c(OC)c1. The van der Waals surface area contributed by atoms with E-state index < -0.39 is 6.04 Å². The minimum atomic E-state index is -0.848. The van der Waals surface area contributed by atoms with E-state index in [1.807, 2.05) is 37.3 Å². The summed E-state index contributed by atoms with van der Waals surface area (Å²) in [6.45, 7) is 2.40. The number of likely N-dealkylation sites (N-methyl/N-ethyl adjacent to an activating group) is 1. The lowest BCUT2D eigenvalue weighted by molar-refractivity contribution is -0.141. The van der Waals surface area contributed by atoms with Crippen LogP contribution in [-0.4, -0.2) is 37.5 Å². The van der Waals surface area contributed by atoms with Gasteiger partial charge in [0.25, 0.3) is 0 Å². The van der Waals surface area contributed by atoms with Gasteiger partial charge in [-0.05, 0) is 47.9 Å². The molecule has 0 heterocycles. The third-order valence-corrected chi connectivity index (χ3v) is 5.42. The molecule has 3 rings (SSSR count). The fraction of sp³-hybridized carbons (Fsp3) is 0.259. The van der Waals surface area contributed by atoms with Crippen LogP contribution in [0.1, 0.15) is 29.7 Å². The zero-order valence-electron chi connectivity index (χ0n) is 19.6. The molecule has 0 bridgehead atoms. The lowest BCUT2D eigenvalue weighted by Gasteiger charge is -2.31. The summed E-state index contributed by atoms with van der Waals surface area (Å²) < 4.78 is 24.1. The smallest absolute Gasteiger partial charge is 0.247 e. The average Bonchev–Trinajstić information content (AvgIpc) is 2.85. The van der Waals surface area contributed by atoms with Crippen LogP contribution in [0, 0.1) is 5.82 Å². The van der Waals surface area contributed by atoms with Crippen LogP contribution in [0.3, 0.4) is 0 Å². The number of amides is 2. The third-order valence-electron chi connectivity index (χ3n) is 5.42. The molecule has 0 aliphatic carbocycles. The molecule has 1 N–H and O–H groups in total. The minimum absolute atomic E-state index is 0.0459. The van der Waals surface area contributed by atoms with Gasteiger partial charge in [0.2, 0.25) is 11.8 Å². The van der Waals surface area contributed by atoms with Crippen molar-refractivity contribution in [2.45, 2.75) is 25.9 Å². The van der Waals surface area contributed by atoms with Crippen molar-refractivity contribution in [3.05, 3.63) is 95.3 Å². The van der Waals surface area contributed by atoms with Crippen LogP contribution in [0.2, 0.25) is 0 Å². The number of nitrogens with one attached hydrogen (secondary N) is 1. The summed E-state index contributed by atoms with van der Waals surface area (Å²) in [5.74, 6) is 0.177. The maximum absolute atomic E-state index is 13.7. The molecule has 7 heteroatoms. The van der Waals surface area contributed by atoms with Crippen molar-refractivity contribution in [3.63, 3.8) is 0 Å². The molecule has 2 amide bonds. The van der Waals surface area contributed by atoms with E-state index in [-0.39, 0.29) is 30.6 Å². The Balaban J connectivity index is 2.00. The number of ether oxygens (including phenoxy) is 2. The standard InChI is InChI=1S/C27H29FN2O4/c1-4-29-27(32)26(21-8-6-5-7-9-21)30(18-19-10-13-22(28)14-11-19)25(31)17-20-12-15-23(33-2)24(16-20)34-3/h5-16,26H,4,17-18H2,1-3H3,(H,29,32). The molecular weight excluding hydrogens is 435 g/mol. The Kier molecular flexibility index (Phi) is 8.62. The molecule has 0 spiro atoms. The molecule has 0 aliphatic rings. The van der Waals surface area contributed by atoms with Crippen LogP contribution < -0.4 is 14.8 Å². The Morgan fingerprint density at radius 3 is 2.18 bits per heavy atom. The molecule has 0 saturated heterocycles. The zero-order valence-corrected chi connectivity index (χ0v) is 19.6. The highest BCUT2D eigenvalue weighted by molar-refractivity contribution is 5.89. The van der Waals surface area contributed by atoms with Gasteiger partial charge < -0.3 is 19.7 Å². The van der Waals surface area contributed by atoms with Crippen LogP contribution >= 0.6 is 0 Å². The Labute approximate surface area is 199 Å². The highest BCUT2D eigenvalue weighted by Crippen LogP contribution is 2.29. The third kappa shape index (κ3) is 6.13. The highest BCUT2D eigenvalue weighted by atomic mass is 19.1. The predicted molar refractivity (Wildman–Crippen MR) is 128 cm³/mol. The Morgan fingerprint density at radius 2 is 1.56 bits per heavy atom. The number of benzene rings is 3. The van der Waals surface area contributed by atoms with Crippen LogP contribution in [0.5, 0.6) is 11.5 Å². The quantitative estimate of drug-likeness (QED) is 0.486. The molecule has 3 aromatic rings. The van der Waals surface area contributed by atoms with Gasteiger partial charge in [0, 0.05) is 13.1 Å². The fourth-order valence-corrected chi connectivity index (χ4v) is 3.76. The van der Waals surface area contributed by atoms with Crippen molar-refractivity contribution in [3.8, 4) is 11.5 Å². The molecule has 0 aromatic heterocycles. The first-order valence-electron chi connectivity index (χ1n) is 11.0. The van der Waals surface area contributed by atoms with E-state index in [0.717, 1.165) is 5.56 Å². The molecule has 0 fully saturated rings. The maximum Gasteiger partial charge on any atom is 0.247 e. The first-order chi connectivity index (χ1) is 16.5. The number of carbonyl (C=O) groups is 2. The van der Waals surface area contributed by atoms with Crippen molar-refractivity contribution in [1.82, 2.24) is 10.2 Å². The molecule has 0 aliphatic heterocycles. The summed E-state index contributed by atoms with van der Waals surface area (Å²) in [6.07, 6.45) is 0.0459. The minimum Gasteiger partial charge on any atom is -0.493 e. The summed E-state index contributed by atoms with van der Waals surface area (Å²) in [5.41, 5.74) is 2.12. The largest absolute Gasteiger partial charge is 0.493 e. The first kappa shape index (κ1) is 24.8. The summed E-state index contributed by atoms with van der Waals surface area (Å²) in [7, 11) is 3.08. The van der Waals surface area contributed by atoms with E-state index in [1.165, 1.54) is 24.1 Å². The summed E-state index contributed by atoms with van der Waals surface area (Å²) in [6, 6.07) is 19.5. The molecular formula is C27H29FN2O4. The van der Waals surface area contributed by atoms with Crippen molar-refractivity contribution in [1.29, 1.82) is 0 Å². The van der Waals surface area contributed by atoms with Gasteiger partial charge in [0.15, 0.2) is 11.5 Å². The lowest BCUT2D eigenvalue weighted by atomic mass is 10.0. The fourth-order valence-electron chi connectivity index (χ4n) is 3.76. The van der Waals surface area contributed by atoms with E-state index in [0.29, 0.717) is 29.2 Å². The number of hydrogen-bond donors (Lipinski definition) is 1. The predicted octanol–water partition coefficient (Wildman–Crippen LogP) is 4.29. The van der Waals surface area contributed by atoms with E-state index in [4.69, 9.17) is 9.47 Å². The molecule has 34 heavy (non-hydrogen) atoms. The second kappa shape index (κ2) is 11.8. The number of rotatable bonds is 10. The molecule has 1 unspecified atom stereocenters. The van der Waals surface area contributed by atoms with E-state index >= 15 is 0 Å². The first-order valence-corrected chi connectivity index (χ1v) is 11.0. The topological polar surface area (TPSA) is 67.9 Å². The van der Waals surface area contributed by atoms with Gasteiger partial charge in [-0.2, -0.15) is 0 Å². The Bertz CT molecular complexity index is 1100. The summed E-state index contributed by atoms with van der Waals surface area (Å²) >= 11 is 0. The lowest BCUT2D eigenvalue weighted by Crippen LogP contribution is -2.44. The van der Waals surface area contributed by atoms with Gasteiger partial charge in [-0.15, -0.1) is 0 Å². The summed E-state index contributed by atoms with van der Waals surface area (Å²) in [5, 5.41) is 2.84. The second-order valence-corrected chi connectivity index (χ2v) is 7.72. The van der Waals surface area contributed by atoms with Gasteiger partial charge in [-0.25, -0.2) is 4.39 Å². The number of carbonyl (C=O) groups excluding carboxylic acids is 2. The monoisotopic (exact) mass is 464 g/mol. The number of nitrogens with zero attached hydrogens (tertiary/aromatic N) is 1. The molecule has 178 valence electrons. The van der Waals surface area contributed by atoms with Crippen LogP contribution in [0.4, 0.5) is 4.39 Å². The molecule has 6 nitrogen and oxygen atoms in total. The number of halogens is 1. The Hall–Kier alpha value is -3.87. The number of hydrogen-bond acceptors (Lipinski definition) is 4. The zero-order chi connectivity index (χ0) is 24.5. The van der Waals surface area contributed by atoms with Crippen molar-refractivity contribution >= 4 is 11.8 Å². The van der Waals surface area contributed by atoms with Crippen LogP contribution in [-0.2, 0) is 22.6 Å². The van der Waals surface area contributed by atoms with Gasteiger partial charge in [-0.3, -0.25) is 9.59 Å². The van der Waals surface area contributed by atoms with E-state index in [9.17, 15) is 14.0 Å². The maximum atomic E-state index is 13.7. The van der Waals surface area contributed by atoms with Gasteiger partial charge >= 0.3 is 0 Å². The van der Waals surface area contributed by atoms with Gasteiger partial charge in [0.05, 0.1) is 20.6 Å². The number of methoxy groups -OCH3 is 2. The second-order valence-electron chi connectivity index (χ2n) is 7.72. The van der Waals surface area contributed by atoms with Crippen molar-refractivity contribution in [2.24, 2.45) is 0 Å².